The average molecular weight is 496 g/mol. The number of rotatable bonds is 4. The standard InChI is InChI=1S/C24H26BrN5O2/c25-17-4-5-18(20(16-17)29-10-8-24(6-7-24)9-11-29)23-27-22(28-32-23)19-2-1-3-21(26-19)30-12-14-31-15-13-30/h1-5,16H,6-15H2. The minimum Gasteiger partial charge on any atom is -0.378 e. The van der Waals surface area contributed by atoms with Gasteiger partial charge in [-0.1, -0.05) is 27.2 Å². The van der Waals surface area contributed by atoms with Gasteiger partial charge in [-0.25, -0.2) is 4.98 Å². The lowest BCUT2D eigenvalue weighted by molar-refractivity contribution is 0.122. The number of anilines is 2. The van der Waals surface area contributed by atoms with Gasteiger partial charge in [0.25, 0.3) is 5.89 Å². The van der Waals surface area contributed by atoms with Crippen LogP contribution in [0, 0.1) is 5.41 Å². The SMILES string of the molecule is Brc1ccc(-c2nc(-c3cccc(N4CCOCC4)n3)no2)c(N2CCC3(CC2)CC3)c1. The van der Waals surface area contributed by atoms with Gasteiger partial charge >= 0.3 is 0 Å². The summed E-state index contributed by atoms with van der Waals surface area (Å²) in [6, 6.07) is 12.2. The summed E-state index contributed by atoms with van der Waals surface area (Å²) in [6.07, 6.45) is 5.34. The van der Waals surface area contributed by atoms with Crippen molar-refractivity contribution in [2.24, 2.45) is 5.41 Å². The van der Waals surface area contributed by atoms with Crippen molar-refractivity contribution in [2.45, 2.75) is 25.7 Å². The molecule has 8 heteroatoms. The van der Waals surface area contributed by atoms with Gasteiger partial charge in [0.2, 0.25) is 5.82 Å². The zero-order valence-electron chi connectivity index (χ0n) is 18.0. The van der Waals surface area contributed by atoms with Gasteiger partial charge < -0.3 is 19.1 Å². The molecule has 0 unspecified atom stereocenters. The number of morpholine rings is 1. The van der Waals surface area contributed by atoms with E-state index in [-0.39, 0.29) is 0 Å². The first-order chi connectivity index (χ1) is 15.7. The Bertz CT molecular complexity index is 1110. The van der Waals surface area contributed by atoms with E-state index in [1.807, 2.05) is 24.3 Å². The topological polar surface area (TPSA) is 67.5 Å². The van der Waals surface area contributed by atoms with E-state index in [9.17, 15) is 0 Å². The highest BCUT2D eigenvalue weighted by molar-refractivity contribution is 9.10. The fraction of sp³-hybridized carbons (Fsp3) is 0.458. The number of pyridine rings is 1. The predicted molar refractivity (Wildman–Crippen MR) is 127 cm³/mol. The molecule has 1 saturated carbocycles. The fourth-order valence-corrected chi connectivity index (χ4v) is 5.15. The van der Waals surface area contributed by atoms with Gasteiger partial charge in [-0.05, 0) is 61.4 Å². The highest BCUT2D eigenvalue weighted by Crippen LogP contribution is 2.54. The van der Waals surface area contributed by atoms with Gasteiger partial charge in [0.1, 0.15) is 11.5 Å². The van der Waals surface area contributed by atoms with Crippen molar-refractivity contribution in [1.29, 1.82) is 0 Å². The third-order valence-corrected chi connectivity index (χ3v) is 7.53. The summed E-state index contributed by atoms with van der Waals surface area (Å²) in [4.78, 5) is 14.2. The molecule has 6 rings (SSSR count). The molecule has 0 bridgehead atoms. The van der Waals surface area contributed by atoms with Crippen molar-refractivity contribution in [3.05, 3.63) is 40.9 Å². The Hall–Kier alpha value is -2.45. The molecule has 0 atom stereocenters. The van der Waals surface area contributed by atoms with Crippen LogP contribution in [0.3, 0.4) is 0 Å². The Labute approximate surface area is 195 Å². The van der Waals surface area contributed by atoms with Gasteiger partial charge in [-0.2, -0.15) is 4.98 Å². The second-order valence-corrected chi connectivity index (χ2v) is 9.97. The largest absolute Gasteiger partial charge is 0.378 e. The lowest BCUT2D eigenvalue weighted by Crippen LogP contribution is -2.36. The molecule has 3 aromatic rings. The molecule has 2 aliphatic heterocycles. The van der Waals surface area contributed by atoms with Crippen molar-refractivity contribution >= 4 is 27.4 Å². The maximum Gasteiger partial charge on any atom is 0.260 e. The molecule has 2 aromatic heterocycles. The quantitative estimate of drug-likeness (QED) is 0.515. The highest BCUT2D eigenvalue weighted by atomic mass is 79.9. The summed E-state index contributed by atoms with van der Waals surface area (Å²) in [5, 5.41) is 4.27. The smallest absolute Gasteiger partial charge is 0.260 e. The Morgan fingerprint density at radius 2 is 1.69 bits per heavy atom. The van der Waals surface area contributed by atoms with E-state index < -0.39 is 0 Å². The summed E-state index contributed by atoms with van der Waals surface area (Å²) in [5.41, 5.74) is 3.48. The van der Waals surface area contributed by atoms with Gasteiger partial charge in [0, 0.05) is 30.7 Å². The van der Waals surface area contributed by atoms with Crippen LogP contribution in [-0.2, 0) is 4.74 Å². The third kappa shape index (κ3) is 3.90. The molecule has 4 heterocycles. The minimum atomic E-state index is 0.513. The number of piperidine rings is 1. The number of halogens is 1. The van der Waals surface area contributed by atoms with Crippen molar-refractivity contribution in [2.75, 3.05) is 49.2 Å². The molecule has 7 nitrogen and oxygen atoms in total. The Kier molecular flexibility index (Phi) is 5.14. The number of hydrogen-bond acceptors (Lipinski definition) is 7. The molecular formula is C24H26BrN5O2. The van der Waals surface area contributed by atoms with Crippen molar-refractivity contribution < 1.29 is 9.26 Å². The van der Waals surface area contributed by atoms with E-state index in [0.29, 0.717) is 17.1 Å². The van der Waals surface area contributed by atoms with E-state index in [4.69, 9.17) is 19.2 Å². The summed E-state index contributed by atoms with van der Waals surface area (Å²) >= 11 is 3.64. The molecule has 3 aliphatic rings. The van der Waals surface area contributed by atoms with Gasteiger partial charge in [-0.3, -0.25) is 0 Å². The predicted octanol–water partition coefficient (Wildman–Crippen LogP) is 4.78. The van der Waals surface area contributed by atoms with E-state index in [2.05, 4.69) is 43.0 Å². The molecular weight excluding hydrogens is 470 g/mol. The number of ether oxygens (including phenoxy) is 1. The molecule has 0 N–H and O–H groups in total. The number of hydrogen-bond donors (Lipinski definition) is 0. The monoisotopic (exact) mass is 495 g/mol. The van der Waals surface area contributed by atoms with Crippen molar-refractivity contribution in [3.63, 3.8) is 0 Å². The first-order valence-corrected chi connectivity index (χ1v) is 12.2. The molecule has 1 aromatic carbocycles. The van der Waals surface area contributed by atoms with Crippen LogP contribution in [0.1, 0.15) is 25.7 Å². The van der Waals surface area contributed by atoms with E-state index in [0.717, 1.165) is 66.6 Å². The van der Waals surface area contributed by atoms with Gasteiger partial charge in [-0.15, -0.1) is 0 Å². The van der Waals surface area contributed by atoms with Crippen LogP contribution in [0.5, 0.6) is 0 Å². The van der Waals surface area contributed by atoms with Crippen LogP contribution in [-0.4, -0.2) is 54.5 Å². The number of aromatic nitrogens is 3. The maximum atomic E-state index is 5.74. The first kappa shape index (κ1) is 20.2. The molecule has 3 fully saturated rings. The average Bonchev–Trinajstić information content (AvgIpc) is 3.40. The molecule has 0 amide bonds. The maximum absolute atomic E-state index is 5.74. The van der Waals surface area contributed by atoms with Crippen LogP contribution in [0.4, 0.5) is 11.5 Å². The molecule has 166 valence electrons. The van der Waals surface area contributed by atoms with Gasteiger partial charge in [0.15, 0.2) is 0 Å². The molecule has 1 aliphatic carbocycles. The third-order valence-electron chi connectivity index (χ3n) is 7.04. The summed E-state index contributed by atoms with van der Waals surface area (Å²) < 4.78 is 12.3. The van der Waals surface area contributed by atoms with E-state index >= 15 is 0 Å². The second kappa shape index (κ2) is 8.15. The van der Waals surface area contributed by atoms with Crippen LogP contribution in [0.2, 0.25) is 0 Å². The van der Waals surface area contributed by atoms with Crippen LogP contribution in [0.25, 0.3) is 23.0 Å². The van der Waals surface area contributed by atoms with E-state index in [1.165, 1.54) is 25.7 Å². The Morgan fingerprint density at radius 3 is 2.47 bits per heavy atom. The van der Waals surface area contributed by atoms with Gasteiger partial charge in [0.05, 0.1) is 24.5 Å². The normalized spacial score (nSPS) is 20.0. The zero-order chi connectivity index (χ0) is 21.5. The fourth-order valence-electron chi connectivity index (χ4n) is 4.80. The minimum absolute atomic E-state index is 0.513. The summed E-state index contributed by atoms with van der Waals surface area (Å²) in [7, 11) is 0. The number of benzene rings is 1. The summed E-state index contributed by atoms with van der Waals surface area (Å²) in [6.45, 7) is 5.28. The highest BCUT2D eigenvalue weighted by Gasteiger charge is 2.44. The second-order valence-electron chi connectivity index (χ2n) is 9.05. The van der Waals surface area contributed by atoms with Crippen molar-refractivity contribution in [1.82, 2.24) is 15.1 Å². The Morgan fingerprint density at radius 1 is 0.875 bits per heavy atom. The number of nitrogens with zero attached hydrogens (tertiary/aromatic N) is 5. The van der Waals surface area contributed by atoms with Crippen LogP contribution < -0.4 is 9.80 Å². The lowest BCUT2D eigenvalue weighted by atomic mass is 9.93. The zero-order valence-corrected chi connectivity index (χ0v) is 19.6. The molecule has 2 saturated heterocycles. The van der Waals surface area contributed by atoms with Crippen LogP contribution in [0.15, 0.2) is 45.4 Å². The molecule has 0 radical (unpaired) electrons. The van der Waals surface area contributed by atoms with Crippen LogP contribution >= 0.6 is 15.9 Å². The van der Waals surface area contributed by atoms with Crippen molar-refractivity contribution in [3.8, 4) is 23.0 Å². The summed E-state index contributed by atoms with van der Waals surface area (Å²) in [5.74, 6) is 1.97. The van der Waals surface area contributed by atoms with E-state index in [1.54, 1.807) is 0 Å². The first-order valence-electron chi connectivity index (χ1n) is 11.4. The Balaban J connectivity index is 1.28. The molecule has 32 heavy (non-hydrogen) atoms. The molecule has 1 spiro atoms. The lowest BCUT2D eigenvalue weighted by Gasteiger charge is -2.34.